The van der Waals surface area contributed by atoms with Gasteiger partial charge in [0.05, 0.1) is 6.61 Å². The number of methoxy groups -OCH3 is 1. The van der Waals surface area contributed by atoms with Crippen molar-refractivity contribution >= 4 is 0 Å². The van der Waals surface area contributed by atoms with Crippen LogP contribution in [0.4, 0.5) is 0 Å². The van der Waals surface area contributed by atoms with E-state index in [1.807, 2.05) is 0 Å². The molecule has 1 aliphatic carbocycles. The Morgan fingerprint density at radius 3 is 3.00 bits per heavy atom. The van der Waals surface area contributed by atoms with Crippen LogP contribution in [0, 0.1) is 5.92 Å². The molecule has 50 valence electrons. The second-order valence-electron chi connectivity index (χ2n) is 2.26. The fourth-order valence-corrected chi connectivity index (χ4v) is 0.969. The Balaban J connectivity index is 2.28. The fourth-order valence-electron chi connectivity index (χ4n) is 0.969. The van der Waals surface area contributed by atoms with Crippen molar-refractivity contribution in [3.63, 3.8) is 0 Å². The zero-order valence-corrected chi connectivity index (χ0v) is 5.71. The number of hydrogen-bond donors (Lipinski definition) is 0. The number of allylic oxidation sites excluding steroid dienone is 3. The van der Waals surface area contributed by atoms with Crippen LogP contribution in [-0.2, 0) is 4.74 Å². The molecule has 1 nitrogen and oxygen atoms in total. The monoisotopic (exact) mass is 124 g/mol. The molecule has 1 atom stereocenters. The smallest absolute Gasteiger partial charge is 0.0528 e. The van der Waals surface area contributed by atoms with Gasteiger partial charge in [0, 0.05) is 13.0 Å². The molecule has 1 heteroatoms. The lowest BCUT2D eigenvalue weighted by molar-refractivity contribution is 0.170. The zero-order chi connectivity index (χ0) is 6.53. The summed E-state index contributed by atoms with van der Waals surface area (Å²) in [5, 5.41) is 0. The van der Waals surface area contributed by atoms with Crippen molar-refractivity contribution in [2.45, 2.75) is 6.42 Å². The van der Waals surface area contributed by atoms with Crippen molar-refractivity contribution < 1.29 is 4.74 Å². The molecule has 1 unspecified atom stereocenters. The summed E-state index contributed by atoms with van der Waals surface area (Å²) in [6.07, 6.45) is 9.64. The van der Waals surface area contributed by atoms with Crippen LogP contribution in [0.2, 0.25) is 0 Å². The molecule has 0 N–H and O–H groups in total. The van der Waals surface area contributed by atoms with Crippen LogP contribution in [0.15, 0.2) is 24.3 Å². The van der Waals surface area contributed by atoms with E-state index in [9.17, 15) is 0 Å². The summed E-state index contributed by atoms with van der Waals surface area (Å²) < 4.78 is 5.00. The van der Waals surface area contributed by atoms with Crippen molar-refractivity contribution in [1.82, 2.24) is 0 Å². The summed E-state index contributed by atoms with van der Waals surface area (Å²) in [5.74, 6) is 0.611. The van der Waals surface area contributed by atoms with E-state index >= 15 is 0 Å². The highest BCUT2D eigenvalue weighted by Crippen LogP contribution is 2.10. The van der Waals surface area contributed by atoms with Crippen LogP contribution >= 0.6 is 0 Å². The predicted molar refractivity (Wildman–Crippen MR) is 38.3 cm³/mol. The molecule has 0 amide bonds. The lowest BCUT2D eigenvalue weighted by Gasteiger charge is -2.09. The molecule has 0 aromatic heterocycles. The number of hydrogen-bond acceptors (Lipinski definition) is 1. The maximum Gasteiger partial charge on any atom is 0.0528 e. The minimum absolute atomic E-state index is 0.611. The Morgan fingerprint density at radius 2 is 2.44 bits per heavy atom. The lowest BCUT2D eigenvalue weighted by atomic mass is 10.0. The van der Waals surface area contributed by atoms with Gasteiger partial charge in [-0.25, -0.2) is 0 Å². The van der Waals surface area contributed by atoms with Gasteiger partial charge < -0.3 is 4.74 Å². The van der Waals surface area contributed by atoms with Gasteiger partial charge in [0.15, 0.2) is 0 Å². The largest absolute Gasteiger partial charge is 0.384 e. The molecule has 9 heavy (non-hydrogen) atoms. The molecule has 1 rings (SSSR count). The van der Waals surface area contributed by atoms with Crippen LogP contribution < -0.4 is 0 Å². The van der Waals surface area contributed by atoms with E-state index in [1.165, 1.54) is 0 Å². The zero-order valence-electron chi connectivity index (χ0n) is 5.71. The van der Waals surface area contributed by atoms with Crippen LogP contribution in [0.5, 0.6) is 0 Å². The minimum Gasteiger partial charge on any atom is -0.384 e. The van der Waals surface area contributed by atoms with E-state index in [0.29, 0.717) is 5.92 Å². The maximum atomic E-state index is 5.00. The van der Waals surface area contributed by atoms with Gasteiger partial charge in [-0.05, 0) is 6.42 Å². The normalized spacial score (nSPS) is 24.8. The first kappa shape index (κ1) is 6.56. The quantitative estimate of drug-likeness (QED) is 0.545. The highest BCUT2D eigenvalue weighted by Gasteiger charge is 2.02. The molecule has 0 heterocycles. The van der Waals surface area contributed by atoms with Crippen LogP contribution in [-0.4, -0.2) is 13.7 Å². The molecular weight excluding hydrogens is 112 g/mol. The molecule has 0 bridgehead atoms. The average molecular weight is 124 g/mol. The van der Waals surface area contributed by atoms with Gasteiger partial charge in [0.2, 0.25) is 0 Å². The molecular formula is C8H12O. The molecule has 0 saturated carbocycles. The molecule has 0 aliphatic heterocycles. The Morgan fingerprint density at radius 1 is 1.56 bits per heavy atom. The highest BCUT2D eigenvalue weighted by molar-refractivity contribution is 5.10. The van der Waals surface area contributed by atoms with Crippen molar-refractivity contribution in [3.05, 3.63) is 24.3 Å². The van der Waals surface area contributed by atoms with Gasteiger partial charge in [0.25, 0.3) is 0 Å². The predicted octanol–water partition coefficient (Wildman–Crippen LogP) is 1.77. The SMILES string of the molecule is COCC1C=CC=CC1. The Labute approximate surface area is 56.0 Å². The second kappa shape index (κ2) is 3.46. The molecule has 1 aliphatic rings. The average Bonchev–Trinajstić information content (AvgIpc) is 1.91. The summed E-state index contributed by atoms with van der Waals surface area (Å²) in [6.45, 7) is 0.848. The van der Waals surface area contributed by atoms with Crippen LogP contribution in [0.1, 0.15) is 6.42 Å². The summed E-state index contributed by atoms with van der Waals surface area (Å²) in [5.41, 5.74) is 0. The van der Waals surface area contributed by atoms with E-state index in [-0.39, 0.29) is 0 Å². The second-order valence-corrected chi connectivity index (χ2v) is 2.26. The van der Waals surface area contributed by atoms with Gasteiger partial charge in [-0.3, -0.25) is 0 Å². The van der Waals surface area contributed by atoms with E-state index in [4.69, 9.17) is 4.74 Å². The van der Waals surface area contributed by atoms with Crippen molar-refractivity contribution in [3.8, 4) is 0 Å². The fraction of sp³-hybridized carbons (Fsp3) is 0.500. The maximum absolute atomic E-state index is 5.00. The third-order valence-corrected chi connectivity index (χ3v) is 1.45. The third kappa shape index (κ3) is 2.02. The van der Waals surface area contributed by atoms with Gasteiger partial charge in [-0.15, -0.1) is 0 Å². The van der Waals surface area contributed by atoms with E-state index in [2.05, 4.69) is 24.3 Å². The first-order valence-electron chi connectivity index (χ1n) is 3.26. The van der Waals surface area contributed by atoms with Gasteiger partial charge in [-0.2, -0.15) is 0 Å². The topological polar surface area (TPSA) is 9.23 Å². The Hall–Kier alpha value is -0.560. The molecule has 0 spiro atoms. The highest BCUT2D eigenvalue weighted by atomic mass is 16.5. The van der Waals surface area contributed by atoms with Gasteiger partial charge in [-0.1, -0.05) is 24.3 Å². The first-order valence-corrected chi connectivity index (χ1v) is 3.26. The van der Waals surface area contributed by atoms with E-state index in [1.54, 1.807) is 7.11 Å². The van der Waals surface area contributed by atoms with Crippen molar-refractivity contribution in [2.75, 3.05) is 13.7 Å². The van der Waals surface area contributed by atoms with Crippen LogP contribution in [0.3, 0.4) is 0 Å². The molecule has 0 aromatic rings. The molecule has 0 saturated heterocycles. The molecule has 0 fully saturated rings. The minimum atomic E-state index is 0.611. The van der Waals surface area contributed by atoms with E-state index < -0.39 is 0 Å². The molecule has 0 radical (unpaired) electrons. The summed E-state index contributed by atoms with van der Waals surface area (Å²) in [4.78, 5) is 0. The summed E-state index contributed by atoms with van der Waals surface area (Å²) in [7, 11) is 1.74. The summed E-state index contributed by atoms with van der Waals surface area (Å²) >= 11 is 0. The summed E-state index contributed by atoms with van der Waals surface area (Å²) in [6, 6.07) is 0. The standard InChI is InChI=1S/C8H12O/c1-9-7-8-5-3-2-4-6-8/h2-5,8H,6-7H2,1H3. The Bertz CT molecular complexity index is 125. The first-order chi connectivity index (χ1) is 4.43. The van der Waals surface area contributed by atoms with E-state index in [0.717, 1.165) is 13.0 Å². The number of ether oxygens (including phenoxy) is 1. The Kier molecular flexibility index (Phi) is 2.52. The van der Waals surface area contributed by atoms with Crippen molar-refractivity contribution in [2.24, 2.45) is 5.92 Å². The third-order valence-electron chi connectivity index (χ3n) is 1.45. The van der Waals surface area contributed by atoms with Crippen molar-refractivity contribution in [1.29, 1.82) is 0 Å². The number of rotatable bonds is 2. The van der Waals surface area contributed by atoms with Crippen LogP contribution in [0.25, 0.3) is 0 Å². The van der Waals surface area contributed by atoms with Gasteiger partial charge in [0.1, 0.15) is 0 Å². The van der Waals surface area contributed by atoms with Gasteiger partial charge >= 0.3 is 0 Å². The molecule has 0 aromatic carbocycles. The lowest BCUT2D eigenvalue weighted by Crippen LogP contribution is -2.04.